The Morgan fingerprint density at radius 3 is 1.05 bits per heavy atom. The van der Waals surface area contributed by atoms with Gasteiger partial charge in [-0.2, -0.15) is 26.3 Å². The highest BCUT2D eigenvalue weighted by molar-refractivity contribution is 8.67. The van der Waals surface area contributed by atoms with E-state index in [0.29, 0.717) is 71.8 Å². The first-order chi connectivity index (χ1) is 63.9. The standard InChI is InChI=1S/C26H29O2S.C23H22IO2.C19H22O7S2.C16H18O4S2.C16H26.C9H6F6.8CH4/c1-4-26(2,3)25(27)28-20-19-21-15-17-24(18-16-21)29(22-11-7-5-8-12-22)23-13-9-6-10-14-23;1-3-17(2)18-9-11-19(12-10-18)23(25)26-22-15-13-21(14-16-22)24-20-7-5-4-6-8-20;1-5-19(2,3)18(20)26-15-8-12-17(13-9-15)28(23,24)27(21,22)16-10-6-14(25-4)7-11-16;1-3-13(2)14-9-11-16(12-10-14)22(19,20)21(17,18)15-7-5-4-6-8-15;1-10(2)14-8-15(11(3)4)13(7)16(9-14)12(5)6;1-5-2-6(8(10,11)12)4-7(3-5)9(13,14)15;;;;;;;;/h5-18H,4,19-20H2,1-3H3;4-17H,3H2,1-2H3;6-13H,5H2,1-4H3;4-13H,3H2,1-2H3;8-12H,1-7H3;2-4H,1H3;8*1H4/q2*+1;;;;;;;;;;;;. The molecule has 12 aromatic carbocycles. The molecule has 790 valence electrons. The van der Waals surface area contributed by atoms with Crippen LogP contribution in [-0.2, 0) is 79.5 Å². The number of carbonyl (C=O) groups is 3. The Labute approximate surface area is 871 Å². The summed E-state index contributed by atoms with van der Waals surface area (Å²) in [4.78, 5) is 39.2. The number of benzene rings is 12. The Balaban J connectivity index is 0. The average molecular weight is 2200 g/mol. The van der Waals surface area contributed by atoms with E-state index >= 15 is 0 Å². The summed E-state index contributed by atoms with van der Waals surface area (Å²) in [6, 6.07) is 85.3. The molecular weight excluding hydrogens is 2050 g/mol. The van der Waals surface area contributed by atoms with E-state index in [0.717, 1.165) is 55.5 Å². The Bertz CT molecular complexity index is 6230. The summed E-state index contributed by atoms with van der Waals surface area (Å²) in [7, 11) is -17.0. The molecule has 12 aromatic rings. The quantitative estimate of drug-likeness (QED) is 0.0106. The molecule has 0 aliphatic rings. The summed E-state index contributed by atoms with van der Waals surface area (Å²) in [6.45, 7) is 37.2. The van der Waals surface area contributed by atoms with Gasteiger partial charge in [-0.1, -0.05) is 264 Å². The zero-order valence-electron chi connectivity index (χ0n) is 80.2. The molecule has 0 aliphatic heterocycles. The molecule has 0 amide bonds. The lowest BCUT2D eigenvalue weighted by molar-refractivity contribution is -0.597. The topological polar surface area (TPSA) is 225 Å². The summed E-state index contributed by atoms with van der Waals surface area (Å²) >= 11 is -0.202. The number of hydrogen-bond donors (Lipinski definition) is 0. The number of halogens is 7. The number of rotatable bonds is 29. The summed E-state index contributed by atoms with van der Waals surface area (Å²) in [6.07, 6.45) is -5.43. The third kappa shape index (κ3) is 38.3. The van der Waals surface area contributed by atoms with E-state index in [1.165, 1.54) is 130 Å². The maximum absolute atomic E-state index is 12.6. The number of aryl methyl sites for hydroxylation is 1. The van der Waals surface area contributed by atoms with Gasteiger partial charge >= 0.3 is 51.5 Å². The van der Waals surface area contributed by atoms with Gasteiger partial charge in [0.2, 0.25) is 0 Å². The average Bonchev–Trinajstić information content (AvgIpc) is 0.765. The molecule has 0 bridgehead atoms. The minimum absolute atomic E-state index is 0. The van der Waals surface area contributed by atoms with Crippen LogP contribution >= 0.6 is 0 Å². The zero-order chi connectivity index (χ0) is 101. The fourth-order valence-corrected chi connectivity index (χ4v) is 24.5. The monoisotopic (exact) mass is 2200 g/mol. The first-order valence-corrected chi connectivity index (χ1v) is 55.0. The molecule has 0 saturated carbocycles. The number of methoxy groups -OCH3 is 1. The molecule has 0 fully saturated rings. The summed E-state index contributed by atoms with van der Waals surface area (Å²) in [5.74, 6) is 2.88. The summed E-state index contributed by atoms with van der Waals surface area (Å²) < 4.78 is 197. The van der Waals surface area contributed by atoms with Gasteiger partial charge < -0.3 is 18.9 Å². The first kappa shape index (κ1) is 135. The predicted molar refractivity (Wildman–Crippen MR) is 579 cm³/mol. The largest absolute Gasteiger partial charge is 0.497 e. The predicted octanol–water partition coefficient (Wildman–Crippen LogP) is 29.9. The molecule has 15 nitrogen and oxygen atoms in total. The van der Waals surface area contributed by atoms with Crippen LogP contribution in [0.5, 0.6) is 17.2 Å². The molecule has 12 rings (SSSR count). The lowest BCUT2D eigenvalue weighted by Crippen LogP contribution is -3.61. The number of ether oxygens (including phenoxy) is 4. The van der Waals surface area contributed by atoms with Gasteiger partial charge in [-0.05, 0) is 317 Å². The number of carbonyl (C=O) groups excluding carboxylic acids is 3. The molecule has 2 unspecified atom stereocenters. The molecule has 0 aromatic heterocycles. The van der Waals surface area contributed by atoms with Crippen molar-refractivity contribution in [3.8, 4) is 17.2 Å². The molecule has 0 N–H and O–H groups in total. The summed E-state index contributed by atoms with van der Waals surface area (Å²) in [5, 5.41) is 0. The van der Waals surface area contributed by atoms with Crippen molar-refractivity contribution in [2.45, 2.75) is 292 Å². The second kappa shape index (κ2) is 61.0. The van der Waals surface area contributed by atoms with Crippen LogP contribution in [0.2, 0.25) is 0 Å². The van der Waals surface area contributed by atoms with Crippen molar-refractivity contribution in [2.24, 2.45) is 10.8 Å². The molecular formula is C117H155F6IO15S5+2. The van der Waals surface area contributed by atoms with Crippen molar-refractivity contribution in [1.29, 1.82) is 0 Å². The Kier molecular flexibility index (Phi) is 57.4. The van der Waals surface area contributed by atoms with E-state index in [2.05, 4.69) is 196 Å². The van der Waals surface area contributed by atoms with Crippen molar-refractivity contribution in [3.63, 3.8) is 0 Å². The molecule has 0 radical (unpaired) electrons. The molecule has 2 atom stereocenters. The van der Waals surface area contributed by atoms with Gasteiger partial charge in [-0.25, -0.2) is 38.5 Å². The maximum atomic E-state index is 12.6. The normalized spacial score (nSPS) is 11.6. The molecule has 0 heterocycles. The highest BCUT2D eigenvalue weighted by Crippen LogP contribution is 2.39. The van der Waals surface area contributed by atoms with Crippen LogP contribution < -0.4 is 35.4 Å². The van der Waals surface area contributed by atoms with Crippen LogP contribution in [0.1, 0.15) is 291 Å². The third-order valence-corrected chi connectivity index (χ3v) is 37.9. The van der Waals surface area contributed by atoms with Crippen LogP contribution in [0.3, 0.4) is 0 Å². The minimum Gasteiger partial charge on any atom is -0.497 e. The molecule has 144 heavy (non-hydrogen) atoms. The fourth-order valence-electron chi connectivity index (χ4n) is 13.0. The van der Waals surface area contributed by atoms with Gasteiger partial charge in [0.25, 0.3) is 35.5 Å². The second-order valence-corrected chi connectivity index (χ2v) is 50.4. The second-order valence-electron chi connectivity index (χ2n) is 34.5. The first-order valence-electron chi connectivity index (χ1n) is 44.6. The van der Waals surface area contributed by atoms with E-state index < -0.39 is 80.7 Å². The SMILES string of the molecule is C.C.C.C.C.C.C.C.CCC(C)(C)C(=O)OCCc1ccc([S+](c2ccccc2)c2ccccc2)cc1.CCC(C)(C)C(=O)Oc1ccc(S(=O)(=O)S(=O)(=O)c2ccc(OC)cc2)cc1.CCC(C)c1ccc(C(=O)Oc2ccc([I+]c3ccccc3)cc2)cc1.CCC(C)c1ccc(S(=O)(=O)S(=O)(=O)c2ccccc2)cc1.Cc1c(C(C)C)cc(C(C)C)cc1C(C)C.Cc1cc(C(F)(F)F)cc(C(F)(F)F)c1. The maximum Gasteiger partial charge on any atom is 0.416 e. The van der Waals surface area contributed by atoms with E-state index in [9.17, 15) is 74.4 Å². The Morgan fingerprint density at radius 1 is 0.361 bits per heavy atom. The van der Waals surface area contributed by atoms with Crippen molar-refractivity contribution >= 4 is 64.3 Å². The van der Waals surface area contributed by atoms with Crippen molar-refractivity contribution in [3.05, 3.63) is 366 Å². The number of hydrogen-bond acceptors (Lipinski definition) is 15. The lowest BCUT2D eigenvalue weighted by atomic mass is 9.85. The van der Waals surface area contributed by atoms with Gasteiger partial charge in [-0.15, -0.1) is 0 Å². The van der Waals surface area contributed by atoms with Crippen LogP contribution in [0.4, 0.5) is 26.3 Å². The Morgan fingerprint density at radius 2 is 0.688 bits per heavy atom. The third-order valence-electron chi connectivity index (χ3n) is 22.7. The fraction of sp³-hybridized carbons (Fsp3) is 0.359. The van der Waals surface area contributed by atoms with E-state index in [1.807, 2.05) is 84.0 Å². The summed E-state index contributed by atoms with van der Waals surface area (Å²) in [5.41, 5.74) is 6.28. The molecule has 0 spiro atoms. The van der Waals surface area contributed by atoms with Crippen molar-refractivity contribution in [2.75, 3.05) is 13.7 Å². The van der Waals surface area contributed by atoms with E-state index in [1.54, 1.807) is 32.0 Å². The van der Waals surface area contributed by atoms with Gasteiger partial charge in [0.15, 0.2) is 21.8 Å². The van der Waals surface area contributed by atoms with Crippen LogP contribution in [-0.4, -0.2) is 65.3 Å². The highest BCUT2D eigenvalue weighted by atomic mass is 127. The lowest BCUT2D eigenvalue weighted by Gasteiger charge is -2.20. The van der Waals surface area contributed by atoms with Gasteiger partial charge in [0.1, 0.15) is 17.2 Å². The number of alkyl halides is 6. The van der Waals surface area contributed by atoms with Crippen molar-refractivity contribution in [1.82, 2.24) is 0 Å². The minimum atomic E-state index is -4.76. The van der Waals surface area contributed by atoms with Gasteiger partial charge in [0.05, 0.1) is 71.7 Å². The van der Waals surface area contributed by atoms with E-state index in [-0.39, 0.29) is 136 Å². The highest BCUT2D eigenvalue weighted by Gasteiger charge is 2.39. The van der Waals surface area contributed by atoms with Crippen LogP contribution in [0, 0.1) is 31.8 Å². The van der Waals surface area contributed by atoms with E-state index in [4.69, 9.17) is 18.9 Å². The van der Waals surface area contributed by atoms with Gasteiger partial charge in [-0.3, -0.25) is 9.59 Å². The Hall–Kier alpha value is -10.7. The molecule has 0 aliphatic carbocycles. The number of esters is 3. The zero-order valence-corrected chi connectivity index (χ0v) is 86.5. The van der Waals surface area contributed by atoms with Gasteiger partial charge in [0, 0.05) is 6.42 Å². The molecule has 27 heteroatoms. The molecule has 0 saturated heterocycles. The smallest absolute Gasteiger partial charge is 0.416 e. The van der Waals surface area contributed by atoms with Crippen LogP contribution in [0.25, 0.3) is 0 Å². The van der Waals surface area contributed by atoms with Crippen LogP contribution in [0.15, 0.2) is 332 Å². The van der Waals surface area contributed by atoms with Crippen molar-refractivity contribution < 1.29 is 115 Å².